The van der Waals surface area contributed by atoms with Gasteiger partial charge in [0.05, 0.1) is 5.60 Å². The third kappa shape index (κ3) is 2.42. The first-order valence-corrected chi connectivity index (χ1v) is 4.09. The quantitative estimate of drug-likeness (QED) is 0.554. The lowest BCUT2D eigenvalue weighted by Gasteiger charge is -2.24. The summed E-state index contributed by atoms with van der Waals surface area (Å²) in [5.74, 6) is 0. The SMILES string of the molecule is C=C(I)C(=C)C(C)(C)OC. The largest absolute Gasteiger partial charge is 0.374 e. The van der Waals surface area contributed by atoms with Gasteiger partial charge in [0.25, 0.3) is 0 Å². The van der Waals surface area contributed by atoms with E-state index in [-0.39, 0.29) is 5.60 Å². The van der Waals surface area contributed by atoms with Crippen molar-refractivity contribution in [3.05, 3.63) is 22.3 Å². The lowest BCUT2D eigenvalue weighted by Crippen LogP contribution is -2.24. The average Bonchev–Trinajstić information content (AvgIpc) is 1.86. The lowest BCUT2D eigenvalue weighted by atomic mass is 10.00. The zero-order chi connectivity index (χ0) is 8.36. The fourth-order valence-electron chi connectivity index (χ4n) is 0.450. The van der Waals surface area contributed by atoms with Gasteiger partial charge < -0.3 is 4.74 Å². The smallest absolute Gasteiger partial charge is 0.0875 e. The van der Waals surface area contributed by atoms with Crippen LogP contribution in [-0.2, 0) is 4.74 Å². The van der Waals surface area contributed by atoms with Crippen LogP contribution < -0.4 is 0 Å². The zero-order valence-electron chi connectivity index (χ0n) is 6.70. The van der Waals surface area contributed by atoms with Gasteiger partial charge in [0.15, 0.2) is 0 Å². The number of rotatable bonds is 3. The van der Waals surface area contributed by atoms with E-state index in [0.29, 0.717) is 0 Å². The van der Waals surface area contributed by atoms with Crippen molar-refractivity contribution >= 4 is 22.6 Å². The third-order valence-electron chi connectivity index (χ3n) is 1.56. The van der Waals surface area contributed by atoms with Crippen LogP contribution in [0, 0.1) is 0 Å². The minimum absolute atomic E-state index is 0.279. The summed E-state index contributed by atoms with van der Waals surface area (Å²) >= 11 is 2.14. The highest BCUT2D eigenvalue weighted by molar-refractivity contribution is 14.1. The van der Waals surface area contributed by atoms with Crippen LogP contribution in [0.3, 0.4) is 0 Å². The Hall–Kier alpha value is 0.170. The highest BCUT2D eigenvalue weighted by Crippen LogP contribution is 2.27. The molecule has 0 bridgehead atoms. The first kappa shape index (κ1) is 10.2. The van der Waals surface area contributed by atoms with Gasteiger partial charge in [-0.3, -0.25) is 0 Å². The Kier molecular flexibility index (Phi) is 3.59. The molecule has 0 aromatic carbocycles. The van der Waals surface area contributed by atoms with Gasteiger partial charge in [-0.25, -0.2) is 0 Å². The van der Waals surface area contributed by atoms with Gasteiger partial charge in [0.2, 0.25) is 0 Å². The molecular formula is C8H13IO. The van der Waals surface area contributed by atoms with E-state index in [0.717, 1.165) is 9.15 Å². The van der Waals surface area contributed by atoms with Crippen LogP contribution >= 0.6 is 22.6 Å². The van der Waals surface area contributed by atoms with Gasteiger partial charge in [-0.2, -0.15) is 0 Å². The van der Waals surface area contributed by atoms with Crippen molar-refractivity contribution in [3.63, 3.8) is 0 Å². The van der Waals surface area contributed by atoms with E-state index in [1.807, 2.05) is 13.8 Å². The van der Waals surface area contributed by atoms with Crippen LogP contribution in [-0.4, -0.2) is 12.7 Å². The van der Waals surface area contributed by atoms with Gasteiger partial charge in [-0.05, 0) is 42.0 Å². The standard InChI is InChI=1S/C8H13IO/c1-6(7(2)9)8(3,4)10-5/h1-2H2,3-5H3. The van der Waals surface area contributed by atoms with Gasteiger partial charge in [0, 0.05) is 10.7 Å². The van der Waals surface area contributed by atoms with E-state index in [1.54, 1.807) is 7.11 Å². The molecule has 0 aromatic heterocycles. The van der Waals surface area contributed by atoms with E-state index in [4.69, 9.17) is 4.74 Å². The molecule has 0 aliphatic carbocycles. The summed E-state index contributed by atoms with van der Waals surface area (Å²) in [6, 6.07) is 0. The van der Waals surface area contributed by atoms with Gasteiger partial charge >= 0.3 is 0 Å². The van der Waals surface area contributed by atoms with Crippen molar-refractivity contribution in [2.24, 2.45) is 0 Å². The maximum atomic E-state index is 5.20. The highest BCUT2D eigenvalue weighted by Gasteiger charge is 2.21. The van der Waals surface area contributed by atoms with E-state index in [1.165, 1.54) is 0 Å². The summed E-state index contributed by atoms with van der Waals surface area (Å²) < 4.78 is 6.14. The monoisotopic (exact) mass is 252 g/mol. The van der Waals surface area contributed by atoms with Gasteiger partial charge in [-0.1, -0.05) is 13.2 Å². The summed E-state index contributed by atoms with van der Waals surface area (Å²) in [5.41, 5.74) is 0.661. The van der Waals surface area contributed by atoms with Gasteiger partial charge in [-0.15, -0.1) is 0 Å². The van der Waals surface area contributed by atoms with Crippen molar-refractivity contribution in [2.45, 2.75) is 19.4 Å². The second-order valence-corrected chi connectivity index (χ2v) is 3.90. The maximum Gasteiger partial charge on any atom is 0.0875 e. The Morgan fingerprint density at radius 1 is 1.40 bits per heavy atom. The number of methoxy groups -OCH3 is 1. The van der Waals surface area contributed by atoms with Crippen molar-refractivity contribution in [2.75, 3.05) is 7.11 Å². The van der Waals surface area contributed by atoms with Crippen molar-refractivity contribution in [1.82, 2.24) is 0 Å². The molecule has 0 aromatic rings. The normalized spacial score (nSPS) is 11.2. The molecule has 0 saturated carbocycles. The summed E-state index contributed by atoms with van der Waals surface area (Å²) in [6.07, 6.45) is 0. The molecule has 0 fully saturated rings. The Bertz CT molecular complexity index is 159. The summed E-state index contributed by atoms with van der Waals surface area (Å²) in [7, 11) is 1.67. The average molecular weight is 252 g/mol. The molecule has 0 saturated heterocycles. The molecule has 0 heterocycles. The fraction of sp³-hybridized carbons (Fsp3) is 0.500. The van der Waals surface area contributed by atoms with Gasteiger partial charge in [0.1, 0.15) is 0 Å². The lowest BCUT2D eigenvalue weighted by molar-refractivity contribution is 0.0583. The fourth-order valence-corrected chi connectivity index (χ4v) is 1.10. The molecule has 0 amide bonds. The molecule has 0 radical (unpaired) electrons. The first-order valence-electron chi connectivity index (χ1n) is 3.01. The van der Waals surface area contributed by atoms with E-state index < -0.39 is 0 Å². The summed E-state index contributed by atoms with van der Waals surface area (Å²) in [4.78, 5) is 0. The van der Waals surface area contributed by atoms with Crippen LogP contribution in [0.5, 0.6) is 0 Å². The predicted molar refractivity (Wildman–Crippen MR) is 53.4 cm³/mol. The van der Waals surface area contributed by atoms with E-state index in [9.17, 15) is 0 Å². The minimum Gasteiger partial charge on any atom is -0.374 e. The van der Waals surface area contributed by atoms with Crippen LogP contribution in [0.25, 0.3) is 0 Å². The molecule has 10 heavy (non-hydrogen) atoms. The third-order valence-corrected chi connectivity index (χ3v) is 2.22. The molecule has 0 spiro atoms. The van der Waals surface area contributed by atoms with E-state index >= 15 is 0 Å². The molecule has 0 N–H and O–H groups in total. The Balaban J connectivity index is 4.33. The van der Waals surface area contributed by atoms with E-state index in [2.05, 4.69) is 35.7 Å². The molecule has 0 rings (SSSR count). The van der Waals surface area contributed by atoms with Crippen LogP contribution in [0.4, 0.5) is 0 Å². The molecule has 0 aliphatic rings. The number of hydrogen-bond acceptors (Lipinski definition) is 1. The number of halogens is 1. The second-order valence-electron chi connectivity index (χ2n) is 2.60. The summed E-state index contributed by atoms with van der Waals surface area (Å²) in [5, 5.41) is 0. The van der Waals surface area contributed by atoms with Crippen LogP contribution in [0.15, 0.2) is 22.3 Å². The van der Waals surface area contributed by atoms with Crippen LogP contribution in [0.1, 0.15) is 13.8 Å². The molecule has 1 nitrogen and oxygen atoms in total. The van der Waals surface area contributed by atoms with Crippen molar-refractivity contribution in [3.8, 4) is 0 Å². The zero-order valence-corrected chi connectivity index (χ0v) is 8.86. The second kappa shape index (κ2) is 3.53. The number of hydrogen-bond donors (Lipinski definition) is 0. The molecule has 0 atom stereocenters. The maximum absolute atomic E-state index is 5.20. The molecule has 0 unspecified atom stereocenters. The number of ether oxygens (including phenoxy) is 1. The van der Waals surface area contributed by atoms with Crippen molar-refractivity contribution < 1.29 is 4.74 Å². The first-order chi connectivity index (χ1) is 4.41. The Morgan fingerprint density at radius 3 is 1.90 bits per heavy atom. The topological polar surface area (TPSA) is 9.23 Å². The minimum atomic E-state index is -0.279. The van der Waals surface area contributed by atoms with Crippen molar-refractivity contribution in [1.29, 1.82) is 0 Å². The summed E-state index contributed by atoms with van der Waals surface area (Å²) in [6.45, 7) is 11.6. The molecule has 2 heteroatoms. The Morgan fingerprint density at radius 2 is 1.80 bits per heavy atom. The molecule has 0 aliphatic heterocycles. The van der Waals surface area contributed by atoms with Crippen LogP contribution in [0.2, 0.25) is 0 Å². The Labute approximate surface area is 76.3 Å². The molecular weight excluding hydrogens is 239 g/mol. The highest BCUT2D eigenvalue weighted by atomic mass is 127. The molecule has 58 valence electrons. The predicted octanol–water partition coefficient (Wildman–Crippen LogP) is 2.92.